The summed E-state index contributed by atoms with van der Waals surface area (Å²) in [5.74, 6) is 0.165. The van der Waals surface area contributed by atoms with Crippen molar-refractivity contribution < 1.29 is 4.79 Å². The van der Waals surface area contributed by atoms with Gasteiger partial charge >= 0.3 is 0 Å². The van der Waals surface area contributed by atoms with Crippen molar-refractivity contribution in [1.29, 1.82) is 0 Å². The molecule has 4 heteroatoms. The molecule has 2 fully saturated rings. The summed E-state index contributed by atoms with van der Waals surface area (Å²) in [6.45, 7) is 4.34. The Morgan fingerprint density at radius 3 is 2.77 bits per heavy atom. The van der Waals surface area contributed by atoms with Crippen molar-refractivity contribution in [3.63, 3.8) is 0 Å². The lowest BCUT2D eigenvalue weighted by Crippen LogP contribution is -2.42. The molecule has 116 valence electrons. The first kappa shape index (κ1) is 13.8. The van der Waals surface area contributed by atoms with Gasteiger partial charge < -0.3 is 14.8 Å². The van der Waals surface area contributed by atoms with Gasteiger partial charge in [-0.3, -0.25) is 4.79 Å². The zero-order chi connectivity index (χ0) is 14.9. The van der Waals surface area contributed by atoms with E-state index in [1.807, 2.05) is 30.3 Å². The fraction of sp³-hybridized carbons (Fsp3) is 0.500. The molecule has 4 nitrogen and oxygen atoms in total. The highest BCUT2D eigenvalue weighted by Gasteiger charge is 2.31. The molecule has 1 aromatic carbocycles. The summed E-state index contributed by atoms with van der Waals surface area (Å²) >= 11 is 0. The number of aromatic nitrogens is 1. The summed E-state index contributed by atoms with van der Waals surface area (Å²) in [7, 11) is 0. The van der Waals surface area contributed by atoms with Crippen LogP contribution in [0.3, 0.4) is 0 Å². The Balaban J connectivity index is 1.52. The van der Waals surface area contributed by atoms with Crippen molar-refractivity contribution in [3.8, 4) is 0 Å². The molecule has 2 saturated heterocycles. The van der Waals surface area contributed by atoms with E-state index in [9.17, 15) is 4.79 Å². The van der Waals surface area contributed by atoms with Crippen LogP contribution in [-0.2, 0) is 0 Å². The molecule has 0 radical (unpaired) electrons. The van der Waals surface area contributed by atoms with E-state index in [0.29, 0.717) is 6.04 Å². The molecule has 2 aromatic rings. The molecule has 22 heavy (non-hydrogen) atoms. The van der Waals surface area contributed by atoms with E-state index in [4.69, 9.17) is 0 Å². The maximum atomic E-state index is 12.9. The summed E-state index contributed by atoms with van der Waals surface area (Å²) in [5.41, 5.74) is 1.77. The molecule has 3 heterocycles. The molecule has 1 aromatic heterocycles. The van der Waals surface area contributed by atoms with E-state index in [-0.39, 0.29) is 5.91 Å². The second kappa shape index (κ2) is 5.76. The van der Waals surface area contributed by atoms with Crippen molar-refractivity contribution >= 4 is 16.8 Å². The number of hydrogen-bond acceptors (Lipinski definition) is 2. The van der Waals surface area contributed by atoms with Gasteiger partial charge in [-0.25, -0.2) is 0 Å². The van der Waals surface area contributed by atoms with Crippen LogP contribution in [0.4, 0.5) is 0 Å². The number of amides is 1. The molecule has 0 aliphatic carbocycles. The Labute approximate surface area is 131 Å². The predicted octanol–water partition coefficient (Wildman–Crippen LogP) is 2.87. The van der Waals surface area contributed by atoms with Gasteiger partial charge in [-0.15, -0.1) is 0 Å². The van der Waals surface area contributed by atoms with Crippen molar-refractivity contribution in [2.75, 3.05) is 26.2 Å². The molecule has 1 amide bonds. The second-order valence-corrected chi connectivity index (χ2v) is 6.57. The maximum absolute atomic E-state index is 12.9. The highest BCUT2D eigenvalue weighted by Crippen LogP contribution is 2.24. The second-order valence-electron chi connectivity index (χ2n) is 6.57. The summed E-state index contributed by atoms with van der Waals surface area (Å²) in [6, 6.07) is 10.5. The summed E-state index contributed by atoms with van der Waals surface area (Å²) in [6.07, 6.45) is 4.89. The van der Waals surface area contributed by atoms with Crippen molar-refractivity contribution in [2.24, 2.45) is 0 Å². The number of benzene rings is 1. The molecule has 1 N–H and O–H groups in total. The minimum Gasteiger partial charge on any atom is -0.351 e. The third kappa shape index (κ3) is 2.52. The van der Waals surface area contributed by atoms with Gasteiger partial charge in [0.15, 0.2) is 0 Å². The largest absolute Gasteiger partial charge is 0.351 e. The number of hydrogen-bond donors (Lipinski definition) is 1. The molecule has 1 atom stereocenters. The molecule has 4 rings (SSSR count). The summed E-state index contributed by atoms with van der Waals surface area (Å²) < 4.78 is 0. The average Bonchev–Trinajstić information content (AvgIpc) is 3.27. The lowest BCUT2D eigenvalue weighted by atomic mass is 10.2. The Morgan fingerprint density at radius 1 is 1.14 bits per heavy atom. The van der Waals surface area contributed by atoms with Gasteiger partial charge in [-0.2, -0.15) is 0 Å². The average molecular weight is 297 g/mol. The lowest BCUT2D eigenvalue weighted by Gasteiger charge is -2.28. The number of para-hydroxylation sites is 1. The van der Waals surface area contributed by atoms with Crippen LogP contribution in [0, 0.1) is 0 Å². The van der Waals surface area contributed by atoms with Crippen LogP contribution in [0.1, 0.15) is 36.2 Å². The van der Waals surface area contributed by atoms with E-state index in [0.717, 1.165) is 42.5 Å². The zero-order valence-corrected chi connectivity index (χ0v) is 12.9. The summed E-state index contributed by atoms with van der Waals surface area (Å²) in [4.78, 5) is 20.8. The zero-order valence-electron chi connectivity index (χ0n) is 12.9. The highest BCUT2D eigenvalue weighted by atomic mass is 16.2. The highest BCUT2D eigenvalue weighted by molar-refractivity contribution is 5.98. The fourth-order valence-corrected chi connectivity index (χ4v) is 3.90. The Morgan fingerprint density at radius 2 is 1.95 bits per heavy atom. The van der Waals surface area contributed by atoms with Gasteiger partial charge in [0.05, 0.1) is 0 Å². The van der Waals surface area contributed by atoms with Gasteiger partial charge in [0, 0.05) is 30.0 Å². The number of fused-ring (bicyclic) bond motifs is 1. The van der Waals surface area contributed by atoms with E-state index >= 15 is 0 Å². The van der Waals surface area contributed by atoms with E-state index in [2.05, 4.69) is 14.8 Å². The van der Waals surface area contributed by atoms with Crippen LogP contribution < -0.4 is 0 Å². The third-order valence-electron chi connectivity index (χ3n) is 5.07. The van der Waals surface area contributed by atoms with Crippen molar-refractivity contribution in [1.82, 2.24) is 14.8 Å². The number of nitrogens with zero attached hydrogens (tertiary/aromatic N) is 2. The number of rotatable bonds is 3. The van der Waals surface area contributed by atoms with Crippen LogP contribution in [0.25, 0.3) is 10.9 Å². The maximum Gasteiger partial charge on any atom is 0.270 e. The quantitative estimate of drug-likeness (QED) is 0.946. The van der Waals surface area contributed by atoms with E-state index < -0.39 is 0 Å². The normalized spacial score (nSPS) is 22.7. The van der Waals surface area contributed by atoms with Crippen LogP contribution >= 0.6 is 0 Å². The minimum atomic E-state index is 0.165. The molecule has 2 aliphatic rings. The number of H-pyrrole nitrogens is 1. The van der Waals surface area contributed by atoms with Crippen LogP contribution in [-0.4, -0.2) is 52.9 Å². The Kier molecular flexibility index (Phi) is 3.62. The topological polar surface area (TPSA) is 39.3 Å². The molecular weight excluding hydrogens is 274 g/mol. The summed E-state index contributed by atoms with van der Waals surface area (Å²) in [5, 5.41) is 1.11. The van der Waals surface area contributed by atoms with Gasteiger partial charge in [0.25, 0.3) is 5.91 Å². The number of likely N-dealkylation sites (tertiary alicyclic amines) is 2. The van der Waals surface area contributed by atoms with Crippen LogP contribution in [0.5, 0.6) is 0 Å². The standard InChI is InChI=1S/C18H23N3O/c22-18(17-12-14-6-1-2-8-16(14)19-17)21-11-5-7-15(21)13-20-9-3-4-10-20/h1-2,6,8,12,15,19H,3-5,7,9-11,13H2. The van der Waals surface area contributed by atoms with E-state index in [1.165, 1.54) is 25.9 Å². The van der Waals surface area contributed by atoms with Gasteiger partial charge in [-0.05, 0) is 50.9 Å². The Hall–Kier alpha value is -1.81. The van der Waals surface area contributed by atoms with Gasteiger partial charge in [-0.1, -0.05) is 18.2 Å². The first-order valence-electron chi connectivity index (χ1n) is 8.42. The number of carbonyl (C=O) groups is 1. The molecule has 0 bridgehead atoms. The third-order valence-corrected chi connectivity index (χ3v) is 5.07. The fourth-order valence-electron chi connectivity index (χ4n) is 3.90. The van der Waals surface area contributed by atoms with Crippen molar-refractivity contribution in [2.45, 2.75) is 31.7 Å². The van der Waals surface area contributed by atoms with E-state index in [1.54, 1.807) is 0 Å². The monoisotopic (exact) mass is 297 g/mol. The van der Waals surface area contributed by atoms with Crippen LogP contribution in [0.15, 0.2) is 30.3 Å². The van der Waals surface area contributed by atoms with Crippen LogP contribution in [0.2, 0.25) is 0 Å². The molecule has 2 aliphatic heterocycles. The van der Waals surface area contributed by atoms with Gasteiger partial charge in [0.2, 0.25) is 0 Å². The first-order chi connectivity index (χ1) is 10.8. The van der Waals surface area contributed by atoms with Crippen molar-refractivity contribution in [3.05, 3.63) is 36.0 Å². The predicted molar refractivity (Wildman–Crippen MR) is 88.0 cm³/mol. The Bertz CT molecular complexity index is 639. The number of nitrogens with one attached hydrogen (secondary N) is 1. The first-order valence-corrected chi connectivity index (χ1v) is 8.42. The number of carbonyl (C=O) groups excluding carboxylic acids is 1. The SMILES string of the molecule is O=C(c1cc2ccccc2[nH]1)N1CCCC1CN1CCCC1. The lowest BCUT2D eigenvalue weighted by molar-refractivity contribution is 0.0704. The minimum absolute atomic E-state index is 0.165. The molecular formula is C18H23N3O. The van der Waals surface area contributed by atoms with Gasteiger partial charge in [0.1, 0.15) is 5.69 Å². The number of aromatic amines is 1. The molecule has 0 saturated carbocycles. The smallest absolute Gasteiger partial charge is 0.270 e. The molecule has 0 spiro atoms. The molecule has 1 unspecified atom stereocenters.